The summed E-state index contributed by atoms with van der Waals surface area (Å²) in [5.74, 6) is 0.360. The van der Waals surface area contributed by atoms with E-state index in [0.29, 0.717) is 13.0 Å². The third-order valence-electron chi connectivity index (χ3n) is 2.91. The largest absolute Gasteiger partial charge is 0.468 e. The molecule has 1 atom stereocenters. The Hall–Kier alpha value is -0.610. The van der Waals surface area contributed by atoms with E-state index in [2.05, 4.69) is 4.74 Å². The molecule has 0 aromatic rings. The Kier molecular flexibility index (Phi) is 5.65. The van der Waals surface area contributed by atoms with E-state index in [4.69, 9.17) is 10.5 Å². The Morgan fingerprint density at radius 3 is 2.73 bits per heavy atom. The van der Waals surface area contributed by atoms with E-state index in [9.17, 15) is 4.79 Å². The van der Waals surface area contributed by atoms with E-state index in [1.165, 1.54) is 32.8 Å². The van der Waals surface area contributed by atoms with E-state index in [-0.39, 0.29) is 5.97 Å². The van der Waals surface area contributed by atoms with Gasteiger partial charge in [0.15, 0.2) is 0 Å². The van der Waals surface area contributed by atoms with Gasteiger partial charge in [-0.25, -0.2) is 0 Å². The molecule has 0 spiro atoms. The lowest BCUT2D eigenvalue weighted by atomic mass is 10.1. The summed E-state index contributed by atoms with van der Waals surface area (Å²) in [6.45, 7) is 1.36. The second-order valence-electron chi connectivity index (χ2n) is 4.14. The normalized spacial score (nSPS) is 19.1. The zero-order chi connectivity index (χ0) is 11.1. The summed E-state index contributed by atoms with van der Waals surface area (Å²) < 4.78 is 10.0. The van der Waals surface area contributed by atoms with Gasteiger partial charge in [0.1, 0.15) is 6.04 Å². The third-order valence-corrected chi connectivity index (χ3v) is 2.91. The number of hydrogen-bond donors (Lipinski definition) is 1. The summed E-state index contributed by atoms with van der Waals surface area (Å²) in [4.78, 5) is 11.0. The lowest BCUT2D eigenvalue weighted by molar-refractivity contribution is -0.142. The predicted octanol–water partition coefficient (Wildman–Crippen LogP) is 1.08. The van der Waals surface area contributed by atoms with Crippen LogP contribution in [0.15, 0.2) is 0 Å². The van der Waals surface area contributed by atoms with Gasteiger partial charge in [-0.1, -0.05) is 12.8 Å². The molecule has 0 heterocycles. The van der Waals surface area contributed by atoms with Gasteiger partial charge in [-0.15, -0.1) is 0 Å². The third kappa shape index (κ3) is 4.62. The fraction of sp³-hybridized carbons (Fsp3) is 0.909. The van der Waals surface area contributed by atoms with Gasteiger partial charge in [0.05, 0.1) is 7.11 Å². The first-order chi connectivity index (χ1) is 7.24. The number of esters is 1. The summed E-state index contributed by atoms with van der Waals surface area (Å²) in [5, 5.41) is 0. The van der Waals surface area contributed by atoms with Gasteiger partial charge >= 0.3 is 5.97 Å². The maximum atomic E-state index is 11.0. The van der Waals surface area contributed by atoms with Crippen LogP contribution in [-0.2, 0) is 14.3 Å². The van der Waals surface area contributed by atoms with Crippen LogP contribution in [0.2, 0.25) is 0 Å². The molecule has 1 rings (SSSR count). The Labute approximate surface area is 91.1 Å². The van der Waals surface area contributed by atoms with Gasteiger partial charge in [0.2, 0.25) is 0 Å². The van der Waals surface area contributed by atoms with Crippen molar-refractivity contribution in [1.29, 1.82) is 0 Å². The van der Waals surface area contributed by atoms with E-state index in [1.807, 2.05) is 0 Å². The molecule has 88 valence electrons. The van der Waals surface area contributed by atoms with Crippen LogP contribution in [0.5, 0.6) is 0 Å². The average Bonchev–Trinajstić information content (AvgIpc) is 2.75. The number of carbonyl (C=O) groups excluding carboxylic acids is 1. The molecule has 4 nitrogen and oxygen atoms in total. The molecule has 0 aromatic carbocycles. The summed E-state index contributed by atoms with van der Waals surface area (Å²) in [6.07, 6.45) is 5.76. The molecule has 4 heteroatoms. The van der Waals surface area contributed by atoms with E-state index in [0.717, 1.165) is 12.5 Å². The molecule has 15 heavy (non-hydrogen) atoms. The average molecular weight is 215 g/mol. The Morgan fingerprint density at radius 2 is 2.13 bits per heavy atom. The quantitative estimate of drug-likeness (QED) is 0.532. The van der Waals surface area contributed by atoms with Crippen molar-refractivity contribution in [2.75, 3.05) is 20.3 Å². The van der Waals surface area contributed by atoms with Gasteiger partial charge in [-0.3, -0.25) is 4.79 Å². The molecule has 0 saturated heterocycles. The maximum Gasteiger partial charge on any atom is 0.322 e. The van der Waals surface area contributed by atoms with Gasteiger partial charge in [-0.2, -0.15) is 0 Å². The monoisotopic (exact) mass is 215 g/mol. The second-order valence-corrected chi connectivity index (χ2v) is 4.14. The van der Waals surface area contributed by atoms with Gasteiger partial charge < -0.3 is 15.2 Å². The van der Waals surface area contributed by atoms with Crippen LogP contribution in [0.1, 0.15) is 32.1 Å². The standard InChI is InChI=1S/C11H21NO3/c1-14-11(13)10(12)6-7-15-8-9-4-2-3-5-9/h9-10H,2-8,12H2,1H3. The molecule has 2 N–H and O–H groups in total. The molecule has 1 fully saturated rings. The highest BCUT2D eigenvalue weighted by molar-refractivity contribution is 5.75. The number of methoxy groups -OCH3 is 1. The highest BCUT2D eigenvalue weighted by Crippen LogP contribution is 2.24. The van der Waals surface area contributed by atoms with Crippen molar-refractivity contribution < 1.29 is 14.3 Å². The van der Waals surface area contributed by atoms with Crippen molar-refractivity contribution in [3.63, 3.8) is 0 Å². The number of nitrogens with two attached hydrogens (primary N) is 1. The van der Waals surface area contributed by atoms with Crippen LogP contribution in [0.4, 0.5) is 0 Å². The molecule has 0 bridgehead atoms. The number of hydrogen-bond acceptors (Lipinski definition) is 4. The van der Waals surface area contributed by atoms with Crippen molar-refractivity contribution in [2.24, 2.45) is 11.7 Å². The predicted molar refractivity (Wildman–Crippen MR) is 57.4 cm³/mol. The molecule has 1 saturated carbocycles. The molecule has 1 unspecified atom stereocenters. The molecule has 0 radical (unpaired) electrons. The van der Waals surface area contributed by atoms with Crippen LogP contribution in [0.25, 0.3) is 0 Å². The number of rotatable bonds is 6. The first kappa shape index (κ1) is 12.5. The fourth-order valence-electron chi connectivity index (χ4n) is 1.91. The fourth-order valence-corrected chi connectivity index (χ4v) is 1.91. The van der Waals surface area contributed by atoms with Crippen LogP contribution < -0.4 is 5.73 Å². The van der Waals surface area contributed by atoms with Crippen LogP contribution in [-0.4, -0.2) is 32.3 Å². The van der Waals surface area contributed by atoms with Crippen molar-refractivity contribution in [3.8, 4) is 0 Å². The Balaban J connectivity index is 1.98. The molecule has 1 aliphatic carbocycles. The highest BCUT2D eigenvalue weighted by atomic mass is 16.5. The minimum Gasteiger partial charge on any atom is -0.468 e. The summed E-state index contributed by atoms with van der Waals surface area (Å²) in [6, 6.07) is -0.543. The van der Waals surface area contributed by atoms with Gasteiger partial charge in [-0.05, 0) is 25.2 Å². The topological polar surface area (TPSA) is 61.5 Å². The number of ether oxygens (including phenoxy) is 2. The van der Waals surface area contributed by atoms with Crippen molar-refractivity contribution in [3.05, 3.63) is 0 Å². The lowest BCUT2D eigenvalue weighted by Crippen LogP contribution is -2.32. The highest BCUT2D eigenvalue weighted by Gasteiger charge is 2.16. The summed E-state index contributed by atoms with van der Waals surface area (Å²) in [7, 11) is 1.35. The van der Waals surface area contributed by atoms with Gasteiger partial charge in [0.25, 0.3) is 0 Å². The smallest absolute Gasteiger partial charge is 0.322 e. The summed E-state index contributed by atoms with van der Waals surface area (Å²) >= 11 is 0. The molecular weight excluding hydrogens is 194 g/mol. The zero-order valence-electron chi connectivity index (χ0n) is 9.41. The van der Waals surface area contributed by atoms with Gasteiger partial charge in [0, 0.05) is 13.2 Å². The lowest BCUT2D eigenvalue weighted by Gasteiger charge is -2.12. The number of carbonyl (C=O) groups is 1. The van der Waals surface area contributed by atoms with Crippen molar-refractivity contribution >= 4 is 5.97 Å². The molecule has 0 aromatic heterocycles. The van der Waals surface area contributed by atoms with Crippen LogP contribution in [0, 0.1) is 5.92 Å². The second kappa shape index (κ2) is 6.80. The zero-order valence-corrected chi connectivity index (χ0v) is 9.41. The molecular formula is C11H21NO3. The SMILES string of the molecule is COC(=O)C(N)CCOCC1CCCC1. The minimum atomic E-state index is -0.543. The summed E-state index contributed by atoms with van der Waals surface area (Å²) in [5.41, 5.74) is 5.57. The first-order valence-electron chi connectivity index (χ1n) is 5.65. The first-order valence-corrected chi connectivity index (χ1v) is 5.65. The van der Waals surface area contributed by atoms with E-state index in [1.54, 1.807) is 0 Å². The molecule has 1 aliphatic rings. The van der Waals surface area contributed by atoms with Crippen molar-refractivity contribution in [2.45, 2.75) is 38.1 Å². The molecule has 0 aliphatic heterocycles. The molecule has 0 amide bonds. The van der Waals surface area contributed by atoms with E-state index < -0.39 is 6.04 Å². The van der Waals surface area contributed by atoms with Crippen LogP contribution in [0.3, 0.4) is 0 Å². The Bertz CT molecular complexity index is 190. The Morgan fingerprint density at radius 1 is 1.47 bits per heavy atom. The van der Waals surface area contributed by atoms with Crippen molar-refractivity contribution in [1.82, 2.24) is 0 Å². The van der Waals surface area contributed by atoms with E-state index >= 15 is 0 Å². The maximum absolute atomic E-state index is 11.0. The minimum absolute atomic E-state index is 0.362. The van der Waals surface area contributed by atoms with Crippen LogP contribution >= 0.6 is 0 Å².